The van der Waals surface area contributed by atoms with Crippen molar-refractivity contribution in [3.63, 3.8) is 0 Å². The average Bonchev–Trinajstić information content (AvgIpc) is 1.88. The molecule has 1 aromatic heterocycles. The lowest BCUT2D eigenvalue weighted by molar-refractivity contribution is 0.989. The van der Waals surface area contributed by atoms with Crippen molar-refractivity contribution in [1.29, 1.82) is 0 Å². The van der Waals surface area contributed by atoms with Gasteiger partial charge in [-0.15, -0.1) is 11.6 Å². The molecule has 0 aliphatic rings. The molecule has 0 aromatic carbocycles. The highest BCUT2D eigenvalue weighted by molar-refractivity contribution is 6.20. The van der Waals surface area contributed by atoms with Crippen LogP contribution in [0.5, 0.6) is 0 Å². The van der Waals surface area contributed by atoms with Crippen LogP contribution in [0.25, 0.3) is 0 Å². The van der Waals surface area contributed by atoms with E-state index in [1.807, 2.05) is 26.0 Å². The molecule has 10 heavy (non-hydrogen) atoms. The van der Waals surface area contributed by atoms with Gasteiger partial charge in [0.15, 0.2) is 0 Å². The van der Waals surface area contributed by atoms with Crippen molar-refractivity contribution in [2.24, 2.45) is 0 Å². The molecule has 0 aliphatic heterocycles. The number of aryl methyl sites for hydroxylation is 1. The minimum absolute atomic E-state index is 0.0138. The number of alkyl halides is 1. The summed E-state index contributed by atoms with van der Waals surface area (Å²) in [5.74, 6) is 0. The maximum atomic E-state index is 5.81. The number of nitrogens with zero attached hydrogens (tertiary/aromatic N) is 1. The SMILES string of the molecule is Cc1ccnc(C(C)Cl)c1. The Morgan fingerprint density at radius 3 is 2.70 bits per heavy atom. The van der Waals surface area contributed by atoms with Gasteiger partial charge in [0.05, 0.1) is 11.1 Å². The van der Waals surface area contributed by atoms with Crippen LogP contribution in [0.2, 0.25) is 0 Å². The Balaban J connectivity index is 2.96. The normalized spacial score (nSPS) is 13.1. The summed E-state index contributed by atoms with van der Waals surface area (Å²) in [4.78, 5) is 4.11. The van der Waals surface area contributed by atoms with E-state index in [1.54, 1.807) is 6.20 Å². The molecule has 0 amide bonds. The van der Waals surface area contributed by atoms with Crippen molar-refractivity contribution >= 4 is 11.6 Å². The zero-order valence-corrected chi connectivity index (χ0v) is 6.89. The van der Waals surface area contributed by atoms with Gasteiger partial charge in [0.1, 0.15) is 0 Å². The van der Waals surface area contributed by atoms with Crippen molar-refractivity contribution in [1.82, 2.24) is 4.98 Å². The molecule has 1 nitrogen and oxygen atoms in total. The van der Waals surface area contributed by atoms with Crippen LogP contribution < -0.4 is 0 Å². The fraction of sp³-hybridized carbons (Fsp3) is 0.375. The number of hydrogen-bond donors (Lipinski definition) is 0. The Kier molecular flexibility index (Phi) is 2.28. The molecule has 0 radical (unpaired) electrons. The predicted molar refractivity (Wildman–Crippen MR) is 43.2 cm³/mol. The standard InChI is InChI=1S/C8H10ClN/c1-6-3-4-10-8(5-6)7(2)9/h3-5,7H,1-2H3. The number of rotatable bonds is 1. The fourth-order valence-corrected chi connectivity index (χ4v) is 0.896. The second-order valence-electron chi connectivity index (χ2n) is 2.37. The van der Waals surface area contributed by atoms with Crippen LogP contribution in [0.15, 0.2) is 18.3 Å². The monoisotopic (exact) mass is 155 g/mol. The van der Waals surface area contributed by atoms with E-state index in [4.69, 9.17) is 11.6 Å². The van der Waals surface area contributed by atoms with Gasteiger partial charge < -0.3 is 0 Å². The molecular formula is C8H10ClN. The molecule has 1 atom stereocenters. The van der Waals surface area contributed by atoms with Gasteiger partial charge in [-0.05, 0) is 31.5 Å². The third-order valence-electron chi connectivity index (χ3n) is 1.34. The molecule has 2 heteroatoms. The van der Waals surface area contributed by atoms with Gasteiger partial charge in [-0.2, -0.15) is 0 Å². The van der Waals surface area contributed by atoms with Gasteiger partial charge in [0, 0.05) is 6.20 Å². The summed E-state index contributed by atoms with van der Waals surface area (Å²) < 4.78 is 0. The first-order valence-electron chi connectivity index (χ1n) is 3.27. The van der Waals surface area contributed by atoms with E-state index in [0.717, 1.165) is 5.69 Å². The molecule has 1 rings (SSSR count). The molecule has 0 aliphatic carbocycles. The van der Waals surface area contributed by atoms with Crippen molar-refractivity contribution in [2.75, 3.05) is 0 Å². The lowest BCUT2D eigenvalue weighted by Crippen LogP contribution is -1.89. The first-order chi connectivity index (χ1) is 4.70. The zero-order chi connectivity index (χ0) is 7.56. The third kappa shape index (κ3) is 1.71. The highest BCUT2D eigenvalue weighted by Gasteiger charge is 2.00. The highest BCUT2D eigenvalue weighted by Crippen LogP contribution is 2.16. The van der Waals surface area contributed by atoms with Crippen LogP contribution in [0.4, 0.5) is 0 Å². The van der Waals surface area contributed by atoms with E-state index in [0.29, 0.717) is 0 Å². The van der Waals surface area contributed by atoms with E-state index in [-0.39, 0.29) is 5.38 Å². The molecule has 0 spiro atoms. The van der Waals surface area contributed by atoms with E-state index < -0.39 is 0 Å². The minimum Gasteiger partial charge on any atom is -0.260 e. The molecule has 1 aromatic rings. The maximum absolute atomic E-state index is 5.81. The topological polar surface area (TPSA) is 12.9 Å². The first-order valence-corrected chi connectivity index (χ1v) is 3.70. The summed E-state index contributed by atoms with van der Waals surface area (Å²) in [5.41, 5.74) is 2.15. The Hall–Kier alpha value is -0.560. The van der Waals surface area contributed by atoms with Crippen LogP contribution in [-0.2, 0) is 0 Å². The molecule has 54 valence electrons. The van der Waals surface area contributed by atoms with Crippen LogP contribution in [0.1, 0.15) is 23.6 Å². The molecule has 0 saturated heterocycles. The van der Waals surface area contributed by atoms with E-state index in [1.165, 1.54) is 5.56 Å². The summed E-state index contributed by atoms with van der Waals surface area (Å²) in [5, 5.41) is 0.0138. The molecule has 0 saturated carbocycles. The van der Waals surface area contributed by atoms with Crippen molar-refractivity contribution in [2.45, 2.75) is 19.2 Å². The van der Waals surface area contributed by atoms with Crippen LogP contribution >= 0.6 is 11.6 Å². The minimum atomic E-state index is 0.0138. The zero-order valence-electron chi connectivity index (χ0n) is 6.13. The van der Waals surface area contributed by atoms with E-state index in [9.17, 15) is 0 Å². The molecule has 1 heterocycles. The average molecular weight is 156 g/mol. The number of halogens is 1. The number of pyridine rings is 1. The van der Waals surface area contributed by atoms with Gasteiger partial charge in [-0.1, -0.05) is 0 Å². The molecule has 0 bridgehead atoms. The van der Waals surface area contributed by atoms with Crippen LogP contribution in [-0.4, -0.2) is 4.98 Å². The summed E-state index contributed by atoms with van der Waals surface area (Å²) in [6.07, 6.45) is 1.78. The summed E-state index contributed by atoms with van der Waals surface area (Å²) in [6, 6.07) is 3.96. The quantitative estimate of drug-likeness (QED) is 0.569. The second-order valence-corrected chi connectivity index (χ2v) is 3.03. The van der Waals surface area contributed by atoms with Crippen LogP contribution in [0, 0.1) is 6.92 Å². The number of aromatic nitrogens is 1. The summed E-state index contributed by atoms with van der Waals surface area (Å²) in [6.45, 7) is 3.95. The molecular weight excluding hydrogens is 146 g/mol. The van der Waals surface area contributed by atoms with Gasteiger partial charge >= 0.3 is 0 Å². The number of hydrogen-bond acceptors (Lipinski definition) is 1. The van der Waals surface area contributed by atoms with E-state index in [2.05, 4.69) is 4.98 Å². The van der Waals surface area contributed by atoms with Gasteiger partial charge in [-0.25, -0.2) is 0 Å². The lowest BCUT2D eigenvalue weighted by atomic mass is 10.2. The van der Waals surface area contributed by atoms with Gasteiger partial charge in [-0.3, -0.25) is 4.98 Å². The smallest absolute Gasteiger partial charge is 0.0729 e. The Labute approximate surface area is 66.0 Å². The van der Waals surface area contributed by atoms with Crippen LogP contribution in [0.3, 0.4) is 0 Å². The van der Waals surface area contributed by atoms with Crippen molar-refractivity contribution in [3.05, 3.63) is 29.6 Å². The maximum Gasteiger partial charge on any atom is 0.0729 e. The largest absolute Gasteiger partial charge is 0.260 e. The highest BCUT2D eigenvalue weighted by atomic mass is 35.5. The molecule has 0 fully saturated rings. The Morgan fingerprint density at radius 2 is 2.30 bits per heavy atom. The summed E-state index contributed by atoms with van der Waals surface area (Å²) >= 11 is 5.81. The van der Waals surface area contributed by atoms with E-state index >= 15 is 0 Å². The van der Waals surface area contributed by atoms with Gasteiger partial charge in [0.2, 0.25) is 0 Å². The molecule has 1 unspecified atom stereocenters. The summed E-state index contributed by atoms with van der Waals surface area (Å²) in [7, 11) is 0. The third-order valence-corrected chi connectivity index (χ3v) is 1.57. The van der Waals surface area contributed by atoms with Crippen molar-refractivity contribution < 1.29 is 0 Å². The van der Waals surface area contributed by atoms with Gasteiger partial charge in [0.25, 0.3) is 0 Å². The second kappa shape index (κ2) is 3.02. The Bertz CT molecular complexity index is 220. The fourth-order valence-electron chi connectivity index (χ4n) is 0.777. The Morgan fingerprint density at radius 1 is 1.60 bits per heavy atom. The van der Waals surface area contributed by atoms with Crippen molar-refractivity contribution in [3.8, 4) is 0 Å². The molecule has 0 N–H and O–H groups in total. The predicted octanol–water partition coefficient (Wildman–Crippen LogP) is 2.69. The lowest BCUT2D eigenvalue weighted by Gasteiger charge is -2.01. The first kappa shape index (κ1) is 7.55.